The number of nitro groups is 1. The summed E-state index contributed by atoms with van der Waals surface area (Å²) >= 11 is 0. The van der Waals surface area contributed by atoms with Crippen molar-refractivity contribution in [2.45, 2.75) is 0 Å². The minimum Gasteiger partial charge on any atom is -0.267 e. The average molecular weight is 309 g/mol. The van der Waals surface area contributed by atoms with Crippen LogP contribution in [0, 0.1) is 10.1 Å². The van der Waals surface area contributed by atoms with Gasteiger partial charge >= 0.3 is 0 Å². The van der Waals surface area contributed by atoms with Crippen molar-refractivity contribution in [3.63, 3.8) is 0 Å². The number of nitro benzene ring substituents is 1. The van der Waals surface area contributed by atoms with Crippen LogP contribution in [-0.2, 0) is 0 Å². The number of hydrogen-bond acceptors (Lipinski definition) is 6. The molecule has 0 saturated heterocycles. The van der Waals surface area contributed by atoms with Gasteiger partial charge < -0.3 is 0 Å². The van der Waals surface area contributed by atoms with Gasteiger partial charge in [0.2, 0.25) is 0 Å². The highest BCUT2D eigenvalue weighted by molar-refractivity contribution is 6.33. The summed E-state index contributed by atoms with van der Waals surface area (Å²) in [4.78, 5) is 35.9. The van der Waals surface area contributed by atoms with Gasteiger partial charge in [0.15, 0.2) is 0 Å². The smallest absolute Gasteiger partial charge is 0.267 e. The van der Waals surface area contributed by atoms with Gasteiger partial charge in [0.05, 0.1) is 21.4 Å². The zero-order chi connectivity index (χ0) is 16.1. The molecule has 112 valence electrons. The van der Waals surface area contributed by atoms with Crippen LogP contribution in [0.15, 0.2) is 43.0 Å². The largest absolute Gasteiger partial charge is 0.280 e. The Labute approximate surface area is 127 Å². The van der Waals surface area contributed by atoms with Crippen molar-refractivity contribution < 1.29 is 14.5 Å². The monoisotopic (exact) mass is 309 g/mol. The molecule has 23 heavy (non-hydrogen) atoms. The molecule has 0 spiro atoms. The molecule has 2 aromatic carbocycles. The molecular weight excluding hydrogens is 302 g/mol. The van der Waals surface area contributed by atoms with Crippen molar-refractivity contribution in [2.75, 3.05) is 5.01 Å². The Morgan fingerprint density at radius 1 is 0.957 bits per heavy atom. The summed E-state index contributed by atoms with van der Waals surface area (Å²) in [6.45, 7) is 0. The van der Waals surface area contributed by atoms with E-state index in [0.717, 1.165) is 5.01 Å². The summed E-state index contributed by atoms with van der Waals surface area (Å²) in [5, 5.41) is 19.8. The summed E-state index contributed by atoms with van der Waals surface area (Å²) < 4.78 is 1.17. The second-order valence-electron chi connectivity index (χ2n) is 4.88. The Hall–Kier alpha value is -3.62. The van der Waals surface area contributed by atoms with E-state index in [4.69, 9.17) is 0 Å². The van der Waals surface area contributed by atoms with Gasteiger partial charge in [-0.25, -0.2) is 4.68 Å². The minimum atomic E-state index is -0.589. The Balaban J connectivity index is 2.05. The molecule has 9 heteroatoms. The number of amides is 2. The van der Waals surface area contributed by atoms with Gasteiger partial charge in [-0.1, -0.05) is 6.07 Å². The molecule has 2 amide bonds. The number of carbonyl (C=O) groups is 2. The van der Waals surface area contributed by atoms with E-state index in [1.54, 1.807) is 6.07 Å². The zero-order valence-corrected chi connectivity index (χ0v) is 11.4. The molecule has 2 heterocycles. The topological polar surface area (TPSA) is 111 Å². The number of aromatic nitrogens is 3. The summed E-state index contributed by atoms with van der Waals surface area (Å²) in [7, 11) is 0. The third-order valence-corrected chi connectivity index (χ3v) is 3.70. The first kappa shape index (κ1) is 13.1. The summed E-state index contributed by atoms with van der Waals surface area (Å²) in [5.74, 6) is -1.18. The quantitative estimate of drug-likeness (QED) is 0.400. The van der Waals surface area contributed by atoms with Crippen LogP contribution >= 0.6 is 0 Å². The second-order valence-corrected chi connectivity index (χ2v) is 4.88. The molecule has 0 bridgehead atoms. The van der Waals surface area contributed by atoms with Crippen molar-refractivity contribution in [1.82, 2.24) is 14.9 Å². The maximum atomic E-state index is 12.7. The Morgan fingerprint density at radius 2 is 1.61 bits per heavy atom. The number of hydrogen-bond donors (Lipinski definition) is 0. The molecule has 0 unspecified atom stereocenters. The lowest BCUT2D eigenvalue weighted by molar-refractivity contribution is -0.383. The maximum Gasteiger partial charge on any atom is 0.280 e. The van der Waals surface area contributed by atoms with Crippen LogP contribution < -0.4 is 5.01 Å². The SMILES string of the molecule is O=C1c2cccc3c([N+](=O)[O-])ccc(c23)C(=O)N1n1cnnc1. The fraction of sp³-hybridized carbons (Fsp3) is 0. The van der Waals surface area contributed by atoms with Crippen LogP contribution in [0.4, 0.5) is 5.69 Å². The van der Waals surface area contributed by atoms with E-state index < -0.39 is 16.7 Å². The highest BCUT2D eigenvalue weighted by Crippen LogP contribution is 2.34. The molecule has 0 fully saturated rings. The number of carbonyl (C=O) groups excluding carboxylic acids is 2. The molecule has 0 atom stereocenters. The maximum absolute atomic E-state index is 12.7. The number of benzene rings is 2. The molecule has 0 N–H and O–H groups in total. The van der Waals surface area contributed by atoms with Gasteiger partial charge in [-0.3, -0.25) is 19.7 Å². The first-order valence-electron chi connectivity index (χ1n) is 6.53. The molecular formula is C14H7N5O4. The van der Waals surface area contributed by atoms with E-state index in [-0.39, 0.29) is 22.2 Å². The first-order chi connectivity index (χ1) is 11.1. The van der Waals surface area contributed by atoms with Gasteiger partial charge in [-0.2, -0.15) is 5.01 Å². The van der Waals surface area contributed by atoms with Crippen LogP contribution in [0.5, 0.6) is 0 Å². The van der Waals surface area contributed by atoms with E-state index in [2.05, 4.69) is 10.2 Å². The Bertz CT molecular complexity index is 974. The van der Waals surface area contributed by atoms with E-state index in [1.807, 2.05) is 0 Å². The van der Waals surface area contributed by atoms with Gasteiger partial charge in [0.25, 0.3) is 17.5 Å². The summed E-state index contributed by atoms with van der Waals surface area (Å²) in [6.07, 6.45) is 2.46. The second kappa shape index (κ2) is 4.44. The van der Waals surface area contributed by atoms with E-state index >= 15 is 0 Å². The summed E-state index contributed by atoms with van der Waals surface area (Å²) in [6, 6.07) is 7.22. The number of imide groups is 1. The molecule has 1 aromatic heterocycles. The van der Waals surface area contributed by atoms with Gasteiger partial charge in [-0.15, -0.1) is 10.2 Å². The average Bonchev–Trinajstić information content (AvgIpc) is 3.06. The molecule has 0 saturated carbocycles. The number of rotatable bonds is 2. The number of nitrogens with zero attached hydrogens (tertiary/aromatic N) is 5. The fourth-order valence-corrected chi connectivity index (χ4v) is 2.74. The lowest BCUT2D eigenvalue weighted by Gasteiger charge is -2.26. The van der Waals surface area contributed by atoms with Gasteiger partial charge in [-0.05, 0) is 18.2 Å². The lowest BCUT2D eigenvalue weighted by Crippen LogP contribution is -2.47. The minimum absolute atomic E-state index is 0.149. The standard InChI is InChI=1S/C14H7N5O4/c20-13-9-3-1-2-8-11(19(22)23)5-4-10(12(8)9)14(21)18(13)17-6-15-16-7-17/h1-7H. The van der Waals surface area contributed by atoms with Crippen LogP contribution in [0.2, 0.25) is 0 Å². The van der Waals surface area contributed by atoms with Crippen molar-refractivity contribution in [2.24, 2.45) is 0 Å². The predicted octanol–water partition coefficient (Wildman–Crippen LogP) is 1.27. The van der Waals surface area contributed by atoms with Crippen LogP contribution in [-0.4, -0.2) is 31.6 Å². The van der Waals surface area contributed by atoms with Crippen molar-refractivity contribution in [3.8, 4) is 0 Å². The van der Waals surface area contributed by atoms with Crippen LogP contribution in [0.1, 0.15) is 20.7 Å². The molecule has 0 aliphatic carbocycles. The molecule has 1 aliphatic rings. The van der Waals surface area contributed by atoms with E-state index in [1.165, 1.54) is 41.6 Å². The van der Waals surface area contributed by atoms with Crippen LogP contribution in [0.3, 0.4) is 0 Å². The van der Waals surface area contributed by atoms with Crippen molar-refractivity contribution >= 4 is 28.3 Å². The van der Waals surface area contributed by atoms with E-state index in [0.29, 0.717) is 5.39 Å². The van der Waals surface area contributed by atoms with Gasteiger partial charge in [0.1, 0.15) is 12.7 Å². The van der Waals surface area contributed by atoms with Crippen LogP contribution in [0.25, 0.3) is 10.8 Å². The molecule has 3 aromatic rings. The van der Waals surface area contributed by atoms with Gasteiger partial charge in [0, 0.05) is 11.5 Å². The predicted molar refractivity (Wildman–Crippen MR) is 77.5 cm³/mol. The third-order valence-electron chi connectivity index (χ3n) is 3.70. The zero-order valence-electron chi connectivity index (χ0n) is 11.4. The molecule has 1 aliphatic heterocycles. The highest BCUT2D eigenvalue weighted by Gasteiger charge is 2.35. The highest BCUT2D eigenvalue weighted by atomic mass is 16.6. The first-order valence-corrected chi connectivity index (χ1v) is 6.53. The Kier molecular flexibility index (Phi) is 2.52. The lowest BCUT2D eigenvalue weighted by atomic mass is 9.94. The fourth-order valence-electron chi connectivity index (χ4n) is 2.74. The Morgan fingerprint density at radius 3 is 2.26 bits per heavy atom. The van der Waals surface area contributed by atoms with E-state index in [9.17, 15) is 19.7 Å². The van der Waals surface area contributed by atoms with Crippen molar-refractivity contribution in [3.05, 3.63) is 64.2 Å². The normalized spacial score (nSPS) is 13.7. The third kappa shape index (κ3) is 1.67. The van der Waals surface area contributed by atoms with Crippen molar-refractivity contribution in [1.29, 1.82) is 0 Å². The molecule has 9 nitrogen and oxygen atoms in total. The molecule has 4 rings (SSSR count). The molecule has 0 radical (unpaired) electrons. The number of non-ortho nitro benzene ring substituents is 1. The summed E-state index contributed by atoms with van der Waals surface area (Å²) in [5.41, 5.74) is 0.285.